The van der Waals surface area contributed by atoms with Gasteiger partial charge in [0.25, 0.3) is 0 Å². The van der Waals surface area contributed by atoms with E-state index in [9.17, 15) is 4.39 Å². The first-order valence-electron chi connectivity index (χ1n) is 7.00. The Balaban J connectivity index is 2.23. The van der Waals surface area contributed by atoms with Gasteiger partial charge in [0.15, 0.2) is 0 Å². The van der Waals surface area contributed by atoms with Crippen LogP contribution >= 0.6 is 27.5 Å². The summed E-state index contributed by atoms with van der Waals surface area (Å²) in [4.78, 5) is 0. The normalized spacial score (nSPS) is 12.4. The lowest BCUT2D eigenvalue weighted by Crippen LogP contribution is -2.23. The monoisotopic (exact) mass is 369 g/mol. The standard InChI is InChI=1S/C17H18BrClFN/c1-2-21-11-14(12-4-3-5-15(18)9-12)8-13-6-7-16(19)10-17(13)20/h3-7,9-10,14,21H,2,8,11H2,1H3. The maximum Gasteiger partial charge on any atom is 0.127 e. The van der Waals surface area contributed by atoms with E-state index in [4.69, 9.17) is 11.6 Å². The van der Waals surface area contributed by atoms with Gasteiger partial charge >= 0.3 is 0 Å². The molecule has 0 bridgehead atoms. The Morgan fingerprint density at radius 1 is 1.24 bits per heavy atom. The average Bonchev–Trinajstić information content (AvgIpc) is 2.45. The average molecular weight is 371 g/mol. The molecule has 0 aliphatic carbocycles. The summed E-state index contributed by atoms with van der Waals surface area (Å²) in [6.45, 7) is 3.78. The van der Waals surface area contributed by atoms with Crippen molar-refractivity contribution in [3.63, 3.8) is 0 Å². The fourth-order valence-corrected chi connectivity index (χ4v) is 2.92. The highest BCUT2D eigenvalue weighted by atomic mass is 79.9. The number of nitrogens with one attached hydrogen (secondary N) is 1. The molecule has 0 aromatic heterocycles. The van der Waals surface area contributed by atoms with E-state index < -0.39 is 0 Å². The van der Waals surface area contributed by atoms with Crippen LogP contribution in [-0.4, -0.2) is 13.1 Å². The zero-order chi connectivity index (χ0) is 15.2. The van der Waals surface area contributed by atoms with E-state index in [1.807, 2.05) is 12.1 Å². The lowest BCUT2D eigenvalue weighted by molar-refractivity contribution is 0.562. The maximum absolute atomic E-state index is 14.0. The summed E-state index contributed by atoms with van der Waals surface area (Å²) >= 11 is 9.31. The van der Waals surface area contributed by atoms with E-state index >= 15 is 0 Å². The predicted molar refractivity (Wildman–Crippen MR) is 90.5 cm³/mol. The predicted octanol–water partition coefficient (Wildman–Crippen LogP) is 5.18. The van der Waals surface area contributed by atoms with Crippen LogP contribution in [-0.2, 0) is 6.42 Å². The van der Waals surface area contributed by atoms with Crippen LogP contribution < -0.4 is 5.32 Å². The molecule has 21 heavy (non-hydrogen) atoms. The first-order chi connectivity index (χ1) is 10.1. The topological polar surface area (TPSA) is 12.0 Å². The van der Waals surface area contributed by atoms with Crippen molar-refractivity contribution < 1.29 is 4.39 Å². The molecule has 0 spiro atoms. The van der Waals surface area contributed by atoms with E-state index in [0.29, 0.717) is 17.0 Å². The van der Waals surface area contributed by atoms with Crippen molar-refractivity contribution in [1.82, 2.24) is 5.32 Å². The summed E-state index contributed by atoms with van der Waals surface area (Å²) in [6.07, 6.45) is 0.645. The third-order valence-electron chi connectivity index (χ3n) is 3.44. The van der Waals surface area contributed by atoms with Gasteiger partial charge in [0.05, 0.1) is 0 Å². The zero-order valence-electron chi connectivity index (χ0n) is 11.9. The van der Waals surface area contributed by atoms with Gasteiger partial charge in [-0.2, -0.15) is 0 Å². The van der Waals surface area contributed by atoms with Gasteiger partial charge in [-0.05, 0) is 48.4 Å². The van der Waals surface area contributed by atoms with Crippen molar-refractivity contribution in [3.05, 3.63) is 68.9 Å². The molecule has 0 aliphatic heterocycles. The molecule has 0 fully saturated rings. The minimum atomic E-state index is -0.237. The largest absolute Gasteiger partial charge is 0.316 e. The van der Waals surface area contributed by atoms with Crippen molar-refractivity contribution in [2.24, 2.45) is 0 Å². The van der Waals surface area contributed by atoms with Gasteiger partial charge in [-0.1, -0.05) is 52.7 Å². The van der Waals surface area contributed by atoms with Crippen LogP contribution in [0.2, 0.25) is 5.02 Å². The highest BCUT2D eigenvalue weighted by molar-refractivity contribution is 9.10. The molecule has 0 heterocycles. The van der Waals surface area contributed by atoms with Crippen molar-refractivity contribution >= 4 is 27.5 Å². The van der Waals surface area contributed by atoms with Gasteiger partial charge < -0.3 is 5.32 Å². The van der Waals surface area contributed by atoms with Crippen molar-refractivity contribution in [2.45, 2.75) is 19.3 Å². The van der Waals surface area contributed by atoms with Crippen LogP contribution in [0.4, 0.5) is 4.39 Å². The van der Waals surface area contributed by atoms with Gasteiger partial charge in [-0.15, -0.1) is 0 Å². The molecule has 0 saturated carbocycles. The Bertz CT molecular complexity index is 603. The zero-order valence-corrected chi connectivity index (χ0v) is 14.2. The molecule has 1 nitrogen and oxygen atoms in total. The maximum atomic E-state index is 14.0. The molecular formula is C17H18BrClFN. The summed E-state index contributed by atoms with van der Waals surface area (Å²) in [6, 6.07) is 13.1. The SMILES string of the molecule is CCNCC(Cc1ccc(Cl)cc1F)c1cccc(Br)c1. The minimum absolute atomic E-state index is 0.220. The Kier molecular flexibility index (Phi) is 6.22. The molecule has 4 heteroatoms. The number of halogens is 3. The molecule has 1 N–H and O–H groups in total. The van der Waals surface area contributed by atoms with Gasteiger partial charge in [0, 0.05) is 22.0 Å². The van der Waals surface area contributed by atoms with Crippen LogP contribution in [0, 0.1) is 5.82 Å². The second-order valence-electron chi connectivity index (χ2n) is 5.00. The minimum Gasteiger partial charge on any atom is -0.316 e. The fourth-order valence-electron chi connectivity index (χ4n) is 2.34. The first kappa shape index (κ1) is 16.5. The highest BCUT2D eigenvalue weighted by Gasteiger charge is 2.15. The molecule has 2 aromatic rings. The second-order valence-corrected chi connectivity index (χ2v) is 6.35. The lowest BCUT2D eigenvalue weighted by Gasteiger charge is -2.19. The number of benzene rings is 2. The molecule has 1 unspecified atom stereocenters. The number of hydrogen-bond acceptors (Lipinski definition) is 1. The molecular weight excluding hydrogens is 353 g/mol. The number of likely N-dealkylation sites (N-methyl/N-ethyl adjacent to an activating group) is 1. The summed E-state index contributed by atoms with van der Waals surface area (Å²) in [5.41, 5.74) is 1.89. The molecule has 0 amide bonds. The summed E-state index contributed by atoms with van der Waals surface area (Å²) in [5, 5.41) is 3.79. The lowest BCUT2D eigenvalue weighted by atomic mass is 9.91. The Labute approximate surface area is 138 Å². The molecule has 0 aliphatic rings. The summed E-state index contributed by atoms with van der Waals surface area (Å²) < 4.78 is 15.1. The second kappa shape index (κ2) is 7.92. The van der Waals surface area contributed by atoms with Gasteiger partial charge in [0.2, 0.25) is 0 Å². The third-order valence-corrected chi connectivity index (χ3v) is 4.17. The molecule has 1 atom stereocenters. The van der Waals surface area contributed by atoms with Crippen molar-refractivity contribution in [2.75, 3.05) is 13.1 Å². The van der Waals surface area contributed by atoms with E-state index in [-0.39, 0.29) is 11.7 Å². The Morgan fingerprint density at radius 3 is 2.71 bits per heavy atom. The van der Waals surface area contributed by atoms with Crippen LogP contribution in [0.15, 0.2) is 46.9 Å². The third kappa shape index (κ3) is 4.80. The molecule has 2 aromatic carbocycles. The first-order valence-corrected chi connectivity index (χ1v) is 8.17. The Hall–Kier alpha value is -0.900. The van der Waals surface area contributed by atoms with Gasteiger partial charge in [-0.3, -0.25) is 0 Å². The molecule has 0 saturated heterocycles. The van der Waals surface area contributed by atoms with Crippen LogP contribution in [0.5, 0.6) is 0 Å². The summed E-state index contributed by atoms with van der Waals surface area (Å²) in [5.74, 6) is -0.0166. The van der Waals surface area contributed by atoms with Crippen LogP contribution in [0.1, 0.15) is 24.0 Å². The van der Waals surface area contributed by atoms with E-state index in [0.717, 1.165) is 17.6 Å². The van der Waals surface area contributed by atoms with E-state index in [1.165, 1.54) is 11.6 Å². The van der Waals surface area contributed by atoms with Crippen molar-refractivity contribution in [1.29, 1.82) is 0 Å². The van der Waals surface area contributed by atoms with E-state index in [1.54, 1.807) is 12.1 Å². The summed E-state index contributed by atoms with van der Waals surface area (Å²) in [7, 11) is 0. The number of hydrogen-bond donors (Lipinski definition) is 1. The molecule has 0 radical (unpaired) electrons. The fraction of sp³-hybridized carbons (Fsp3) is 0.294. The highest BCUT2D eigenvalue weighted by Crippen LogP contribution is 2.25. The van der Waals surface area contributed by atoms with E-state index in [2.05, 4.69) is 40.3 Å². The van der Waals surface area contributed by atoms with Crippen LogP contribution in [0.3, 0.4) is 0 Å². The van der Waals surface area contributed by atoms with Gasteiger partial charge in [-0.25, -0.2) is 4.39 Å². The van der Waals surface area contributed by atoms with Gasteiger partial charge in [0.1, 0.15) is 5.82 Å². The molecule has 112 valence electrons. The quantitative estimate of drug-likeness (QED) is 0.739. The smallest absolute Gasteiger partial charge is 0.127 e. The number of rotatable bonds is 6. The Morgan fingerprint density at radius 2 is 2.05 bits per heavy atom. The van der Waals surface area contributed by atoms with Crippen LogP contribution in [0.25, 0.3) is 0 Å². The van der Waals surface area contributed by atoms with Crippen molar-refractivity contribution in [3.8, 4) is 0 Å². The molecule has 2 rings (SSSR count).